The quantitative estimate of drug-likeness (QED) is 0.0307. The number of allylic oxidation sites excluding steroid dienone is 1. The Kier molecular flexibility index (Phi) is 32.7. The molecule has 0 aliphatic carbocycles. The summed E-state index contributed by atoms with van der Waals surface area (Å²) in [4.78, 5) is 22.8. The molecule has 0 spiro atoms. The Morgan fingerprint density at radius 2 is 1.13 bits per heavy atom. The summed E-state index contributed by atoms with van der Waals surface area (Å²) in [5, 5.41) is 16.5. The van der Waals surface area contributed by atoms with Crippen LogP contribution in [0.15, 0.2) is 12.2 Å². The third-order valence-electron chi connectivity index (χ3n) is 8.67. The van der Waals surface area contributed by atoms with E-state index in [1.807, 2.05) is 6.08 Å². The van der Waals surface area contributed by atoms with E-state index in [2.05, 4.69) is 24.5 Å². The highest BCUT2D eigenvalue weighted by atomic mass is 31.2. The number of unbranched alkanes of at least 4 members (excludes halogenated alkanes) is 23. The zero-order chi connectivity index (χ0) is 33.3. The molecule has 0 aromatic rings. The molecule has 0 fully saturated rings. The molecule has 268 valence electrons. The maximum atomic E-state index is 12.7. The Balaban J connectivity index is 4.31. The van der Waals surface area contributed by atoms with Crippen LogP contribution in [0.4, 0.5) is 0 Å². The van der Waals surface area contributed by atoms with Crippen LogP contribution < -0.4 is 10.6 Å². The molecular formula is C37H75N2O5P. The van der Waals surface area contributed by atoms with Gasteiger partial charge in [0.1, 0.15) is 0 Å². The van der Waals surface area contributed by atoms with Crippen LogP contribution in [-0.4, -0.2) is 54.4 Å². The maximum Gasteiger partial charge on any atom is 0.329 e. The van der Waals surface area contributed by atoms with Gasteiger partial charge in [0.05, 0.1) is 24.9 Å². The molecule has 0 aliphatic heterocycles. The van der Waals surface area contributed by atoms with Gasteiger partial charge in [-0.2, -0.15) is 0 Å². The average Bonchev–Trinajstić information content (AvgIpc) is 3.02. The molecule has 0 radical (unpaired) electrons. The van der Waals surface area contributed by atoms with Crippen molar-refractivity contribution in [2.75, 3.05) is 26.4 Å². The zero-order valence-corrected chi connectivity index (χ0v) is 30.8. The van der Waals surface area contributed by atoms with Crippen molar-refractivity contribution in [3.8, 4) is 0 Å². The number of nitrogens with one attached hydrogen (secondary N) is 2. The standard InChI is InChI=1S/C37H75N2O5P/c1-4-6-8-10-12-14-16-18-20-22-24-26-28-30-36(40)35(34-44-45(42,43)33-32-38-3)39-37(41)31-29-27-25-23-21-19-17-15-13-11-9-7-5-2/h28,30,35-36,38,40H,4-27,29,31-34H2,1-3H3,(H,39,41)(H,42,43)/b30-28+/t35-,36+/m0/s1. The number of rotatable bonds is 35. The first-order valence-electron chi connectivity index (χ1n) is 19.1. The van der Waals surface area contributed by atoms with E-state index in [4.69, 9.17) is 4.52 Å². The summed E-state index contributed by atoms with van der Waals surface area (Å²) in [5.74, 6) is -0.146. The first-order chi connectivity index (χ1) is 21.9. The molecule has 0 aromatic heterocycles. The number of carbonyl (C=O) groups is 1. The first-order valence-corrected chi connectivity index (χ1v) is 20.9. The van der Waals surface area contributed by atoms with Gasteiger partial charge in [-0.3, -0.25) is 9.36 Å². The highest BCUT2D eigenvalue weighted by molar-refractivity contribution is 7.52. The molecule has 1 amide bonds. The highest BCUT2D eigenvalue weighted by Gasteiger charge is 2.25. The van der Waals surface area contributed by atoms with E-state index in [0.29, 0.717) is 13.0 Å². The summed E-state index contributed by atoms with van der Waals surface area (Å²) in [6.45, 7) is 4.66. The van der Waals surface area contributed by atoms with Gasteiger partial charge in [0.15, 0.2) is 0 Å². The van der Waals surface area contributed by atoms with Crippen LogP contribution in [0.2, 0.25) is 0 Å². The second-order valence-corrected chi connectivity index (χ2v) is 15.2. The molecule has 0 heterocycles. The maximum absolute atomic E-state index is 12.7. The number of hydrogen-bond donors (Lipinski definition) is 4. The summed E-state index contributed by atoms with van der Waals surface area (Å²) in [5.41, 5.74) is 0. The minimum absolute atomic E-state index is 0.0199. The third kappa shape index (κ3) is 31.6. The summed E-state index contributed by atoms with van der Waals surface area (Å²) in [6.07, 6.45) is 34.4. The smallest absolute Gasteiger partial charge is 0.329 e. The van der Waals surface area contributed by atoms with E-state index in [1.165, 1.54) is 128 Å². The molecule has 45 heavy (non-hydrogen) atoms. The molecule has 0 saturated carbocycles. The fraction of sp³-hybridized carbons (Fsp3) is 0.919. The lowest BCUT2D eigenvalue weighted by Crippen LogP contribution is -2.45. The van der Waals surface area contributed by atoms with E-state index in [0.717, 1.165) is 32.1 Å². The van der Waals surface area contributed by atoms with Crippen molar-refractivity contribution in [1.29, 1.82) is 0 Å². The highest BCUT2D eigenvalue weighted by Crippen LogP contribution is 2.41. The number of hydrogen-bond acceptors (Lipinski definition) is 5. The minimum atomic E-state index is -3.81. The van der Waals surface area contributed by atoms with Gasteiger partial charge in [0, 0.05) is 13.0 Å². The molecule has 8 heteroatoms. The van der Waals surface area contributed by atoms with Gasteiger partial charge in [-0.05, 0) is 26.3 Å². The lowest BCUT2D eigenvalue weighted by atomic mass is 10.0. The second-order valence-electron chi connectivity index (χ2n) is 13.2. The van der Waals surface area contributed by atoms with Gasteiger partial charge < -0.3 is 25.2 Å². The Hall–Kier alpha value is -0.720. The molecule has 7 nitrogen and oxygen atoms in total. The second kappa shape index (κ2) is 33.2. The zero-order valence-electron chi connectivity index (χ0n) is 29.9. The van der Waals surface area contributed by atoms with Crippen molar-refractivity contribution in [1.82, 2.24) is 10.6 Å². The van der Waals surface area contributed by atoms with Crippen LogP contribution in [0.5, 0.6) is 0 Å². The van der Waals surface area contributed by atoms with Gasteiger partial charge in [0.25, 0.3) is 0 Å². The molecule has 3 atom stereocenters. The summed E-state index contributed by atoms with van der Waals surface area (Å²) >= 11 is 0. The van der Waals surface area contributed by atoms with E-state index in [-0.39, 0.29) is 18.7 Å². The molecule has 0 rings (SSSR count). The van der Waals surface area contributed by atoms with Gasteiger partial charge in [-0.15, -0.1) is 0 Å². The predicted octanol–water partition coefficient (Wildman–Crippen LogP) is 9.99. The van der Waals surface area contributed by atoms with Crippen molar-refractivity contribution in [2.24, 2.45) is 0 Å². The Morgan fingerprint density at radius 1 is 0.711 bits per heavy atom. The van der Waals surface area contributed by atoms with Crippen LogP contribution in [-0.2, 0) is 13.9 Å². The van der Waals surface area contributed by atoms with E-state index >= 15 is 0 Å². The minimum Gasteiger partial charge on any atom is -0.387 e. The lowest BCUT2D eigenvalue weighted by Gasteiger charge is -2.23. The fourth-order valence-electron chi connectivity index (χ4n) is 5.62. The van der Waals surface area contributed by atoms with Crippen LogP contribution in [0.25, 0.3) is 0 Å². The summed E-state index contributed by atoms with van der Waals surface area (Å²) in [6, 6.07) is -0.761. The van der Waals surface area contributed by atoms with Crippen LogP contribution >= 0.6 is 7.60 Å². The van der Waals surface area contributed by atoms with E-state index < -0.39 is 19.7 Å². The predicted molar refractivity (Wildman–Crippen MR) is 193 cm³/mol. The Labute approximate surface area is 279 Å². The van der Waals surface area contributed by atoms with Crippen molar-refractivity contribution < 1.29 is 23.9 Å². The molecule has 0 aliphatic rings. The fourth-order valence-corrected chi connectivity index (χ4v) is 6.65. The van der Waals surface area contributed by atoms with Crippen molar-refractivity contribution in [3.63, 3.8) is 0 Å². The van der Waals surface area contributed by atoms with E-state index in [1.54, 1.807) is 13.1 Å². The number of aliphatic hydroxyl groups is 1. The normalized spacial score (nSPS) is 14.5. The van der Waals surface area contributed by atoms with Gasteiger partial charge in [-0.1, -0.05) is 167 Å². The average molecular weight is 659 g/mol. The van der Waals surface area contributed by atoms with Gasteiger partial charge >= 0.3 is 7.60 Å². The third-order valence-corrected chi connectivity index (χ3v) is 10.0. The van der Waals surface area contributed by atoms with Crippen LogP contribution in [0.3, 0.4) is 0 Å². The Bertz CT molecular complexity index is 721. The van der Waals surface area contributed by atoms with Crippen LogP contribution in [0.1, 0.15) is 181 Å². The number of aliphatic hydroxyl groups excluding tert-OH is 1. The molecule has 0 saturated heterocycles. The lowest BCUT2D eigenvalue weighted by molar-refractivity contribution is -0.122. The molecule has 1 unspecified atom stereocenters. The topological polar surface area (TPSA) is 108 Å². The molecule has 0 bridgehead atoms. The summed E-state index contributed by atoms with van der Waals surface area (Å²) in [7, 11) is -2.09. The number of carbonyl (C=O) groups excluding carboxylic acids is 1. The van der Waals surface area contributed by atoms with E-state index in [9.17, 15) is 19.4 Å². The van der Waals surface area contributed by atoms with Crippen molar-refractivity contribution in [2.45, 2.75) is 193 Å². The molecular weight excluding hydrogens is 583 g/mol. The van der Waals surface area contributed by atoms with Crippen molar-refractivity contribution in [3.05, 3.63) is 12.2 Å². The Morgan fingerprint density at radius 3 is 1.58 bits per heavy atom. The van der Waals surface area contributed by atoms with Gasteiger partial charge in [-0.25, -0.2) is 0 Å². The van der Waals surface area contributed by atoms with Gasteiger partial charge in [0.2, 0.25) is 5.91 Å². The first kappa shape index (κ1) is 44.3. The van der Waals surface area contributed by atoms with Crippen LogP contribution in [0, 0.1) is 0 Å². The monoisotopic (exact) mass is 659 g/mol. The van der Waals surface area contributed by atoms with Crippen molar-refractivity contribution >= 4 is 13.5 Å². The SMILES string of the molecule is CCCCCCCCCCCCC/C=C/[C@@H](O)[C@H](COP(=O)(O)CCNC)NC(=O)CCCCCCCCCCCCCCC. The molecule has 0 aromatic carbocycles. The molecule has 4 N–H and O–H groups in total. The summed E-state index contributed by atoms with van der Waals surface area (Å²) < 4.78 is 17.7. The largest absolute Gasteiger partial charge is 0.387 e. The number of amides is 1.